The van der Waals surface area contributed by atoms with Crippen LogP contribution in [0.3, 0.4) is 0 Å². The van der Waals surface area contributed by atoms with Crippen molar-refractivity contribution in [3.05, 3.63) is 228 Å². The summed E-state index contributed by atoms with van der Waals surface area (Å²) in [5.74, 6) is -2.41. The van der Waals surface area contributed by atoms with Crippen LogP contribution < -0.4 is 18.9 Å². The van der Waals surface area contributed by atoms with Gasteiger partial charge in [0.2, 0.25) is 0 Å². The van der Waals surface area contributed by atoms with Gasteiger partial charge in [-0.2, -0.15) is 0 Å². The van der Waals surface area contributed by atoms with Crippen molar-refractivity contribution in [3.63, 3.8) is 0 Å². The predicted molar refractivity (Wildman–Crippen MR) is 463 cm³/mol. The maximum absolute atomic E-state index is 12.7. The fourth-order valence-corrected chi connectivity index (χ4v) is 11.3. The van der Waals surface area contributed by atoms with Crippen molar-refractivity contribution in [2.45, 2.75) is 196 Å². The number of esters is 11. The van der Waals surface area contributed by atoms with E-state index in [9.17, 15) is 52.7 Å². The monoisotopic (exact) mass is 1680 g/mol. The van der Waals surface area contributed by atoms with Crippen LogP contribution in [0.1, 0.15) is 247 Å². The van der Waals surface area contributed by atoms with E-state index in [1.807, 2.05) is 60.7 Å². The Morgan fingerprint density at radius 1 is 0.246 bits per heavy atom. The average molecular weight is 1680 g/mol. The van der Waals surface area contributed by atoms with Crippen LogP contribution in [0, 0.1) is 0 Å². The highest BCUT2D eigenvalue weighted by Gasteiger charge is 2.17. The van der Waals surface area contributed by atoms with Gasteiger partial charge in [-0.3, -0.25) is 19.2 Å². The average Bonchev–Trinajstić information content (AvgIpc) is 0.825. The van der Waals surface area contributed by atoms with E-state index in [4.69, 9.17) is 61.6 Å². The quantitative estimate of drug-likeness (QED) is 0.0112. The molecule has 122 heavy (non-hydrogen) atoms. The summed E-state index contributed by atoms with van der Waals surface area (Å²) in [5.41, 5.74) is 8.14. The minimum atomic E-state index is -0.523. The van der Waals surface area contributed by atoms with Crippen LogP contribution >= 0.6 is 0 Å². The second-order valence-electron chi connectivity index (χ2n) is 28.5. The molecule has 0 atom stereocenters. The molecular weight excluding hydrogens is 1560 g/mol. The fraction of sp³-hybridized carbons (Fsp3) is 0.418. The maximum Gasteiger partial charge on any atom is 0.343 e. The molecule has 0 amide bonds. The van der Waals surface area contributed by atoms with Gasteiger partial charge in [-0.25, -0.2) is 33.6 Å². The van der Waals surface area contributed by atoms with Crippen LogP contribution in [0.25, 0.3) is 22.3 Å². The predicted octanol–water partition coefficient (Wildman–Crippen LogP) is 20.1. The Kier molecular flexibility index (Phi) is 49.6. The molecular formula is C98H120O24. The van der Waals surface area contributed by atoms with Crippen LogP contribution in [0.5, 0.6) is 23.0 Å². The van der Waals surface area contributed by atoms with Gasteiger partial charge in [-0.15, -0.1) is 0 Å². The molecule has 24 heteroatoms. The molecule has 0 aliphatic carbocycles. The third kappa shape index (κ3) is 42.6. The van der Waals surface area contributed by atoms with Gasteiger partial charge in [0.1, 0.15) is 23.0 Å². The van der Waals surface area contributed by atoms with Gasteiger partial charge >= 0.3 is 65.7 Å². The zero-order valence-electron chi connectivity index (χ0n) is 71.6. The third-order valence-corrected chi connectivity index (χ3v) is 18.2. The van der Waals surface area contributed by atoms with E-state index >= 15 is 0 Å². The van der Waals surface area contributed by atoms with Crippen LogP contribution in [-0.2, 0) is 77.8 Å². The minimum Gasteiger partial charge on any atom is -0.494 e. The second kappa shape index (κ2) is 60.3. The molecule has 0 spiro atoms. The van der Waals surface area contributed by atoms with E-state index < -0.39 is 41.8 Å². The smallest absolute Gasteiger partial charge is 0.343 e. The lowest BCUT2D eigenvalue weighted by Crippen LogP contribution is -2.13. The summed E-state index contributed by atoms with van der Waals surface area (Å²) in [6.45, 7) is 21.5. The lowest BCUT2D eigenvalue weighted by Gasteiger charge is -2.09. The number of unbranched alkanes of at least 4 members (excludes halogenated alkanes) is 13. The lowest BCUT2D eigenvalue weighted by molar-refractivity contribution is -0.150. The van der Waals surface area contributed by atoms with Crippen molar-refractivity contribution in [2.24, 2.45) is 0 Å². The molecule has 0 saturated carbocycles. The van der Waals surface area contributed by atoms with Gasteiger partial charge in [-0.05, 0) is 222 Å². The molecule has 24 nitrogen and oxygen atoms in total. The summed E-state index contributed by atoms with van der Waals surface area (Å²) in [5, 5.41) is 0. The van der Waals surface area contributed by atoms with E-state index in [0.29, 0.717) is 114 Å². The molecule has 0 saturated heterocycles. The number of hydrogen-bond donors (Lipinski definition) is 0. The molecule has 0 aromatic heterocycles. The molecule has 0 unspecified atom stereocenters. The SMILES string of the molecule is C=C(C)C(=O)OCCCCCCCc1ccc(C(=O)Oc2ccc(-c3ccc(C(=O)OCCCCCC)cc3)cc2)cc1.C=C(C)C(=O)OCCCCCCOc1ccc(C(=O)Oc2ccc(-c3ccc(C(=O)OCCCCCC)cc3)cc2)cc1.CCOC(=O)CCC(=O)OCCCOC(=O)c1ccc(OCCCOC(=O)CCC(=O)OCC)cc1. The molecule has 0 aliphatic rings. The van der Waals surface area contributed by atoms with Crippen molar-refractivity contribution in [2.75, 3.05) is 72.7 Å². The first-order chi connectivity index (χ1) is 59.1. The first-order valence-electron chi connectivity index (χ1n) is 42.3. The molecule has 0 N–H and O–H groups in total. The first-order valence-corrected chi connectivity index (χ1v) is 42.3. The molecule has 0 bridgehead atoms. The van der Waals surface area contributed by atoms with Crippen molar-refractivity contribution in [1.29, 1.82) is 0 Å². The third-order valence-electron chi connectivity index (χ3n) is 18.2. The highest BCUT2D eigenvalue weighted by molar-refractivity contribution is 5.94. The van der Waals surface area contributed by atoms with Gasteiger partial charge in [0.15, 0.2) is 0 Å². The van der Waals surface area contributed by atoms with Crippen LogP contribution in [-0.4, -0.2) is 138 Å². The Bertz CT molecular complexity index is 4110. The van der Waals surface area contributed by atoms with Crippen LogP contribution in [0.2, 0.25) is 0 Å². The molecule has 656 valence electrons. The Balaban J connectivity index is 0.000000327. The number of ether oxygens (including phenoxy) is 13. The Labute approximate surface area is 717 Å². The van der Waals surface area contributed by atoms with Crippen molar-refractivity contribution in [3.8, 4) is 45.3 Å². The van der Waals surface area contributed by atoms with E-state index in [1.54, 1.807) is 137 Å². The molecule has 0 heterocycles. The van der Waals surface area contributed by atoms with Crippen LogP contribution in [0.4, 0.5) is 0 Å². The number of rotatable bonds is 54. The zero-order valence-corrected chi connectivity index (χ0v) is 71.6. The molecule has 0 aliphatic heterocycles. The first kappa shape index (κ1) is 100. The summed E-state index contributed by atoms with van der Waals surface area (Å²) in [6, 6.07) is 49.9. The largest absolute Gasteiger partial charge is 0.494 e. The highest BCUT2D eigenvalue weighted by Crippen LogP contribution is 2.27. The summed E-state index contributed by atoms with van der Waals surface area (Å²) >= 11 is 0. The number of carbonyl (C=O) groups excluding carboxylic acids is 11. The van der Waals surface area contributed by atoms with Gasteiger partial charge < -0.3 is 61.6 Å². The van der Waals surface area contributed by atoms with Crippen molar-refractivity contribution < 1.29 is 114 Å². The fourth-order valence-electron chi connectivity index (χ4n) is 11.3. The number of benzene rings is 7. The summed E-state index contributed by atoms with van der Waals surface area (Å²) in [6.07, 6.45) is 18.8. The lowest BCUT2D eigenvalue weighted by atomic mass is 10.0. The Morgan fingerprint density at radius 3 is 0.852 bits per heavy atom. The number of hydrogen-bond acceptors (Lipinski definition) is 24. The van der Waals surface area contributed by atoms with Gasteiger partial charge in [-0.1, -0.05) is 145 Å². The van der Waals surface area contributed by atoms with Gasteiger partial charge in [0.25, 0.3) is 0 Å². The van der Waals surface area contributed by atoms with E-state index in [2.05, 4.69) is 27.0 Å². The maximum atomic E-state index is 12.7. The molecule has 7 aromatic carbocycles. The molecule has 7 rings (SSSR count). The molecule has 0 fully saturated rings. The highest BCUT2D eigenvalue weighted by atomic mass is 16.6. The zero-order chi connectivity index (χ0) is 88.3. The van der Waals surface area contributed by atoms with Crippen LogP contribution in [0.15, 0.2) is 194 Å². The normalized spacial score (nSPS) is 10.5. The number of carbonyl (C=O) groups is 11. The van der Waals surface area contributed by atoms with E-state index in [1.165, 1.54) is 5.56 Å². The summed E-state index contributed by atoms with van der Waals surface area (Å²) in [4.78, 5) is 130. The molecule has 0 radical (unpaired) electrons. The van der Waals surface area contributed by atoms with Gasteiger partial charge in [0, 0.05) is 24.0 Å². The van der Waals surface area contributed by atoms with Crippen molar-refractivity contribution in [1.82, 2.24) is 0 Å². The van der Waals surface area contributed by atoms with Gasteiger partial charge in [0.05, 0.1) is 126 Å². The second-order valence-corrected chi connectivity index (χ2v) is 28.5. The molecule has 7 aromatic rings. The number of aryl methyl sites for hydroxylation is 1. The topological polar surface area (TPSA) is 308 Å². The summed E-state index contributed by atoms with van der Waals surface area (Å²) < 4.78 is 67.9. The van der Waals surface area contributed by atoms with E-state index in [0.717, 1.165) is 138 Å². The Morgan fingerprint density at radius 2 is 0.500 bits per heavy atom. The standard InChI is InChI=1S/C37H44O6.C36H42O7.C25H34O11/c1-4-5-6-11-27-42-36(39)32-20-18-30(19-21-32)31-22-24-34(25-23-31)43-37(40)33-16-14-29(15-17-33)13-10-8-7-9-12-26-41-35(38)28(2)3;1-4-5-6-9-26-42-35(38)30-14-12-28(13-15-30)29-16-22-33(23-17-29)43-36(39)31-18-20-32(21-19-31)40-24-10-7-8-11-25-41-34(37)27(2)3;1-3-31-21(26)11-13-23(28)34-16-5-15-33-20-9-7-19(8-10-20)25(30)36-18-6-17-35-24(29)14-12-22(27)32-4-2/h14-25H,2,4-13,26-27H2,1,3H3;12-23H,2,4-11,24-26H2,1,3H3;7-10H,3-6,11-18H2,1-2H3. The summed E-state index contributed by atoms with van der Waals surface area (Å²) in [7, 11) is 0. The minimum absolute atomic E-state index is 0.00996. The Hall–Kier alpha value is -12.2. The van der Waals surface area contributed by atoms with Crippen molar-refractivity contribution >= 4 is 65.7 Å². The van der Waals surface area contributed by atoms with E-state index in [-0.39, 0.29) is 82.6 Å².